The van der Waals surface area contributed by atoms with Gasteiger partial charge in [0.05, 0.1) is 6.61 Å². The van der Waals surface area contributed by atoms with Gasteiger partial charge in [-0.2, -0.15) is 0 Å². The van der Waals surface area contributed by atoms with Crippen LogP contribution in [0.4, 0.5) is 0 Å². The van der Waals surface area contributed by atoms with Crippen LogP contribution in [0.15, 0.2) is 29.3 Å². The lowest BCUT2D eigenvalue weighted by molar-refractivity contribution is 0.184. The van der Waals surface area contributed by atoms with Crippen LogP contribution in [0, 0.1) is 5.92 Å². The molecule has 0 amide bonds. The number of benzene rings is 1. The fraction of sp³-hybridized carbons (Fsp3) is 0.588. The van der Waals surface area contributed by atoms with E-state index in [0.717, 1.165) is 31.5 Å². The summed E-state index contributed by atoms with van der Waals surface area (Å²) in [4.78, 5) is 6.81. The minimum absolute atomic E-state index is 0. The summed E-state index contributed by atoms with van der Waals surface area (Å²) in [5.74, 6) is 1.76. The number of nitrogens with zero attached hydrogens (tertiary/aromatic N) is 2. The summed E-state index contributed by atoms with van der Waals surface area (Å²) in [6, 6.07) is 8.39. The number of methoxy groups -OCH3 is 1. The van der Waals surface area contributed by atoms with Crippen LogP contribution in [0.1, 0.15) is 30.9 Å². The molecule has 0 aromatic heterocycles. The van der Waals surface area contributed by atoms with E-state index >= 15 is 0 Å². The quantitative estimate of drug-likeness (QED) is 0.464. The predicted molar refractivity (Wildman–Crippen MR) is 103 cm³/mol. The highest BCUT2D eigenvalue weighted by Crippen LogP contribution is 2.16. The molecule has 2 rings (SSSR count). The second kappa shape index (κ2) is 10.0. The van der Waals surface area contributed by atoms with E-state index in [-0.39, 0.29) is 24.0 Å². The first-order chi connectivity index (χ1) is 10.2. The molecule has 1 saturated heterocycles. The van der Waals surface area contributed by atoms with Crippen LogP contribution in [0.2, 0.25) is 0 Å². The first kappa shape index (κ1) is 19.2. The van der Waals surface area contributed by atoms with Crippen molar-refractivity contribution in [3.05, 3.63) is 35.4 Å². The van der Waals surface area contributed by atoms with Crippen LogP contribution in [-0.4, -0.2) is 38.1 Å². The number of guanidine groups is 1. The molecule has 1 aliphatic rings. The second-order valence-electron chi connectivity index (χ2n) is 5.80. The number of nitrogens with one attached hydrogen (secondary N) is 1. The molecule has 124 valence electrons. The Labute approximate surface area is 151 Å². The van der Waals surface area contributed by atoms with Crippen LogP contribution in [0.3, 0.4) is 0 Å². The zero-order valence-corrected chi connectivity index (χ0v) is 16.2. The van der Waals surface area contributed by atoms with Crippen molar-refractivity contribution in [3.8, 4) is 0 Å². The minimum atomic E-state index is 0. The Balaban J connectivity index is 0.00000242. The van der Waals surface area contributed by atoms with Crippen molar-refractivity contribution in [2.75, 3.05) is 27.2 Å². The average molecular weight is 417 g/mol. The van der Waals surface area contributed by atoms with Crippen LogP contribution >= 0.6 is 24.0 Å². The first-order valence-electron chi connectivity index (χ1n) is 7.76. The lowest BCUT2D eigenvalue weighted by atomic mass is 10.0. The van der Waals surface area contributed by atoms with Gasteiger partial charge in [-0.05, 0) is 29.9 Å². The third-order valence-electron chi connectivity index (χ3n) is 4.02. The van der Waals surface area contributed by atoms with Gasteiger partial charge in [0.15, 0.2) is 5.96 Å². The molecule has 1 heterocycles. The van der Waals surface area contributed by atoms with E-state index < -0.39 is 0 Å². The van der Waals surface area contributed by atoms with Gasteiger partial charge in [0.25, 0.3) is 0 Å². The fourth-order valence-corrected chi connectivity index (χ4v) is 2.91. The topological polar surface area (TPSA) is 36.9 Å². The number of rotatable bonds is 4. The number of aliphatic imine (C=N–C) groups is 1. The van der Waals surface area contributed by atoms with Crippen LogP contribution < -0.4 is 5.32 Å². The Bertz CT molecular complexity index is 479. The number of ether oxygens (including phenoxy) is 1. The fourth-order valence-electron chi connectivity index (χ4n) is 2.91. The van der Waals surface area contributed by atoms with Crippen molar-refractivity contribution >= 4 is 29.9 Å². The molecule has 5 heteroatoms. The first-order valence-corrected chi connectivity index (χ1v) is 7.76. The predicted octanol–water partition coefficient (Wildman–Crippen LogP) is 3.26. The highest BCUT2D eigenvalue weighted by Gasteiger charge is 2.19. The van der Waals surface area contributed by atoms with Gasteiger partial charge in [0.1, 0.15) is 0 Å². The molecule has 1 aromatic rings. The molecular formula is C17H28IN3O. The van der Waals surface area contributed by atoms with Crippen molar-refractivity contribution in [2.45, 2.75) is 32.9 Å². The minimum Gasteiger partial charge on any atom is -0.380 e. The summed E-state index contributed by atoms with van der Waals surface area (Å²) in [7, 11) is 3.60. The molecule has 4 nitrogen and oxygen atoms in total. The van der Waals surface area contributed by atoms with Crippen molar-refractivity contribution in [2.24, 2.45) is 10.9 Å². The standard InChI is InChI=1S/C17H27N3O.HI/c1-14-7-6-10-20(12-14)17(18-2)19-11-15-8-4-5-9-16(15)13-21-3;/h4-5,8-9,14H,6-7,10-13H2,1-3H3,(H,18,19);1H. The van der Waals surface area contributed by atoms with Crippen molar-refractivity contribution < 1.29 is 4.74 Å². The lowest BCUT2D eigenvalue weighted by Crippen LogP contribution is -2.45. The number of likely N-dealkylation sites (tertiary alicyclic amines) is 1. The Morgan fingerprint density at radius 3 is 2.73 bits per heavy atom. The van der Waals surface area contributed by atoms with E-state index in [4.69, 9.17) is 4.74 Å². The zero-order chi connectivity index (χ0) is 15.1. The molecule has 0 saturated carbocycles. The normalized spacial score (nSPS) is 18.8. The van der Waals surface area contributed by atoms with E-state index in [0.29, 0.717) is 6.61 Å². The third-order valence-corrected chi connectivity index (χ3v) is 4.02. The third kappa shape index (κ3) is 5.43. The number of piperidine rings is 1. The molecule has 0 radical (unpaired) electrons. The van der Waals surface area contributed by atoms with Gasteiger partial charge in [-0.3, -0.25) is 4.99 Å². The van der Waals surface area contributed by atoms with Crippen molar-refractivity contribution in [1.29, 1.82) is 0 Å². The summed E-state index contributed by atoms with van der Waals surface area (Å²) >= 11 is 0. The average Bonchev–Trinajstić information content (AvgIpc) is 2.50. The van der Waals surface area contributed by atoms with E-state index in [1.807, 2.05) is 7.05 Å². The van der Waals surface area contributed by atoms with E-state index in [1.165, 1.54) is 24.0 Å². The number of hydrogen-bond acceptors (Lipinski definition) is 2. The molecule has 1 aliphatic heterocycles. The summed E-state index contributed by atoms with van der Waals surface area (Å²) in [5, 5.41) is 3.50. The summed E-state index contributed by atoms with van der Waals surface area (Å²) in [6.45, 7) is 5.95. The largest absolute Gasteiger partial charge is 0.380 e. The summed E-state index contributed by atoms with van der Waals surface area (Å²) in [5.41, 5.74) is 2.50. The number of halogens is 1. The molecule has 1 N–H and O–H groups in total. The van der Waals surface area contributed by atoms with Gasteiger partial charge in [-0.1, -0.05) is 31.2 Å². The molecule has 0 aliphatic carbocycles. The summed E-state index contributed by atoms with van der Waals surface area (Å²) < 4.78 is 5.26. The SMILES string of the molecule is CN=C(NCc1ccccc1COC)N1CCCC(C)C1.I. The maximum absolute atomic E-state index is 5.26. The molecule has 1 aromatic carbocycles. The summed E-state index contributed by atoms with van der Waals surface area (Å²) in [6.07, 6.45) is 2.58. The molecule has 0 spiro atoms. The smallest absolute Gasteiger partial charge is 0.193 e. The lowest BCUT2D eigenvalue weighted by Gasteiger charge is -2.33. The van der Waals surface area contributed by atoms with Gasteiger partial charge in [-0.15, -0.1) is 24.0 Å². The van der Waals surface area contributed by atoms with Gasteiger partial charge in [0.2, 0.25) is 0 Å². The highest BCUT2D eigenvalue weighted by atomic mass is 127. The Hall–Kier alpha value is -0.820. The van der Waals surface area contributed by atoms with E-state index in [2.05, 4.69) is 46.4 Å². The Morgan fingerprint density at radius 1 is 1.36 bits per heavy atom. The molecule has 0 bridgehead atoms. The van der Waals surface area contributed by atoms with E-state index in [1.54, 1.807) is 7.11 Å². The molecule has 1 fully saturated rings. The van der Waals surface area contributed by atoms with Gasteiger partial charge >= 0.3 is 0 Å². The van der Waals surface area contributed by atoms with Gasteiger partial charge < -0.3 is 15.0 Å². The van der Waals surface area contributed by atoms with Crippen LogP contribution in [0.25, 0.3) is 0 Å². The van der Waals surface area contributed by atoms with Crippen molar-refractivity contribution in [3.63, 3.8) is 0 Å². The van der Waals surface area contributed by atoms with Gasteiger partial charge in [0, 0.05) is 33.8 Å². The number of hydrogen-bond donors (Lipinski definition) is 1. The van der Waals surface area contributed by atoms with Crippen molar-refractivity contribution in [1.82, 2.24) is 10.2 Å². The monoisotopic (exact) mass is 417 g/mol. The van der Waals surface area contributed by atoms with Crippen LogP contribution in [-0.2, 0) is 17.9 Å². The zero-order valence-electron chi connectivity index (χ0n) is 13.8. The Morgan fingerprint density at radius 2 is 2.09 bits per heavy atom. The second-order valence-corrected chi connectivity index (χ2v) is 5.80. The molecule has 1 unspecified atom stereocenters. The van der Waals surface area contributed by atoms with E-state index in [9.17, 15) is 0 Å². The maximum Gasteiger partial charge on any atom is 0.193 e. The molecule has 1 atom stereocenters. The highest BCUT2D eigenvalue weighted by molar-refractivity contribution is 14.0. The van der Waals surface area contributed by atoms with Crippen LogP contribution in [0.5, 0.6) is 0 Å². The Kier molecular flexibility index (Phi) is 8.78. The molecule has 22 heavy (non-hydrogen) atoms. The maximum atomic E-state index is 5.26. The van der Waals surface area contributed by atoms with Gasteiger partial charge in [-0.25, -0.2) is 0 Å². The molecular weight excluding hydrogens is 389 g/mol.